The molecule has 0 atom stereocenters. The first-order valence-corrected chi connectivity index (χ1v) is 6.92. The molecular formula is C15H11N5O6. The molecule has 0 aliphatic carbocycles. The molecule has 1 heterocycles. The Morgan fingerprint density at radius 2 is 2.12 bits per heavy atom. The normalized spacial score (nSPS) is 11.2. The van der Waals surface area contributed by atoms with Crippen molar-refractivity contribution in [2.75, 3.05) is 0 Å². The first-order valence-electron chi connectivity index (χ1n) is 6.92. The van der Waals surface area contributed by atoms with Gasteiger partial charge in [0.15, 0.2) is 11.3 Å². The second-order valence-corrected chi connectivity index (χ2v) is 4.84. The monoisotopic (exact) mass is 357 g/mol. The molecule has 0 aliphatic heterocycles. The molecule has 0 spiro atoms. The summed E-state index contributed by atoms with van der Waals surface area (Å²) in [5, 5.41) is 51.4. The van der Waals surface area contributed by atoms with Crippen LogP contribution in [0.2, 0.25) is 0 Å². The molecule has 2 rings (SSSR count). The minimum Gasteiger partial charge on any atom is -0.506 e. The van der Waals surface area contributed by atoms with Gasteiger partial charge in [-0.2, -0.15) is 5.26 Å². The fraction of sp³-hybridized carbons (Fsp3) is 0.0667. The van der Waals surface area contributed by atoms with E-state index < -0.39 is 39.3 Å². The number of nitro groups is 1. The molecule has 0 saturated carbocycles. The molecule has 1 aromatic heterocycles. The molecule has 0 radical (unpaired) electrons. The molecule has 4 N–H and O–H groups in total. The summed E-state index contributed by atoms with van der Waals surface area (Å²) < 4.78 is 0. The first kappa shape index (κ1) is 18.1. The zero-order chi connectivity index (χ0) is 19.3. The Kier molecular flexibility index (Phi) is 5.29. The van der Waals surface area contributed by atoms with E-state index in [0.29, 0.717) is 5.69 Å². The number of hydrogen-bond donors (Lipinski definition) is 4. The zero-order valence-corrected chi connectivity index (χ0v) is 12.9. The molecule has 11 nitrogen and oxygen atoms in total. The molecule has 0 aliphatic rings. The summed E-state index contributed by atoms with van der Waals surface area (Å²) in [6.07, 6.45) is 2.71. The maximum Gasteiger partial charge on any atom is 0.315 e. The van der Waals surface area contributed by atoms with Gasteiger partial charge in [0.2, 0.25) is 5.75 Å². The van der Waals surface area contributed by atoms with Crippen molar-refractivity contribution in [2.45, 2.75) is 6.54 Å². The van der Waals surface area contributed by atoms with Gasteiger partial charge in [-0.3, -0.25) is 14.9 Å². The van der Waals surface area contributed by atoms with Crippen molar-refractivity contribution in [2.24, 2.45) is 0 Å². The third-order valence-electron chi connectivity index (χ3n) is 3.19. The number of amides is 1. The van der Waals surface area contributed by atoms with Crippen molar-refractivity contribution in [3.8, 4) is 17.6 Å². The maximum absolute atomic E-state index is 12.1. The molecule has 132 valence electrons. The van der Waals surface area contributed by atoms with Gasteiger partial charge in [0.05, 0.1) is 17.2 Å². The number of rotatable bonds is 5. The van der Waals surface area contributed by atoms with Crippen LogP contribution < -0.4 is 5.32 Å². The van der Waals surface area contributed by atoms with Crippen LogP contribution in [-0.2, 0) is 11.3 Å². The number of aliphatic hydroxyl groups excluding tert-OH is 1. The largest absolute Gasteiger partial charge is 0.506 e. The van der Waals surface area contributed by atoms with Crippen LogP contribution in [0.3, 0.4) is 0 Å². The second kappa shape index (κ2) is 7.58. The van der Waals surface area contributed by atoms with Crippen LogP contribution in [0.15, 0.2) is 36.3 Å². The fourth-order valence-electron chi connectivity index (χ4n) is 1.92. The van der Waals surface area contributed by atoms with Crippen LogP contribution >= 0.6 is 0 Å². The van der Waals surface area contributed by atoms with E-state index in [2.05, 4.69) is 15.3 Å². The molecule has 11 heteroatoms. The number of aliphatic hydroxyl groups is 1. The first-order chi connectivity index (χ1) is 12.3. The number of aromatic hydroxyl groups is 2. The Morgan fingerprint density at radius 3 is 2.69 bits per heavy atom. The van der Waals surface area contributed by atoms with E-state index >= 15 is 0 Å². The highest BCUT2D eigenvalue weighted by atomic mass is 16.6. The minimum absolute atomic E-state index is 0.0548. The van der Waals surface area contributed by atoms with Crippen LogP contribution in [0.25, 0.3) is 5.76 Å². The van der Waals surface area contributed by atoms with Gasteiger partial charge in [-0.15, -0.1) is 0 Å². The number of benzene rings is 1. The van der Waals surface area contributed by atoms with Crippen LogP contribution in [0.1, 0.15) is 11.3 Å². The predicted octanol–water partition coefficient (Wildman–Crippen LogP) is 0.905. The highest BCUT2D eigenvalue weighted by molar-refractivity contribution is 6.03. The second-order valence-electron chi connectivity index (χ2n) is 4.84. The molecule has 1 amide bonds. The highest BCUT2D eigenvalue weighted by Crippen LogP contribution is 2.37. The van der Waals surface area contributed by atoms with E-state index in [-0.39, 0.29) is 12.1 Å². The lowest BCUT2D eigenvalue weighted by Crippen LogP contribution is -2.25. The minimum atomic E-state index is -1.00. The summed E-state index contributed by atoms with van der Waals surface area (Å²) in [5.74, 6) is -3.75. The van der Waals surface area contributed by atoms with Crippen molar-refractivity contribution in [3.63, 3.8) is 0 Å². The molecule has 26 heavy (non-hydrogen) atoms. The molecule has 1 aromatic carbocycles. The van der Waals surface area contributed by atoms with E-state index in [1.807, 2.05) is 0 Å². The van der Waals surface area contributed by atoms with E-state index in [1.54, 1.807) is 0 Å². The van der Waals surface area contributed by atoms with Gasteiger partial charge in [0.1, 0.15) is 18.2 Å². The predicted molar refractivity (Wildman–Crippen MR) is 85.5 cm³/mol. The van der Waals surface area contributed by atoms with Crippen LogP contribution in [-0.4, -0.2) is 36.1 Å². The average molecular weight is 357 g/mol. The Labute approximate surface area is 145 Å². The maximum atomic E-state index is 12.1. The van der Waals surface area contributed by atoms with Gasteiger partial charge in [0.25, 0.3) is 5.91 Å². The average Bonchev–Trinajstić information content (AvgIpc) is 2.63. The number of nitriles is 1. The van der Waals surface area contributed by atoms with Gasteiger partial charge in [0, 0.05) is 17.8 Å². The van der Waals surface area contributed by atoms with Crippen molar-refractivity contribution in [3.05, 3.63) is 57.7 Å². The van der Waals surface area contributed by atoms with E-state index in [0.717, 1.165) is 12.1 Å². The van der Waals surface area contributed by atoms with Crippen molar-refractivity contribution in [1.29, 1.82) is 5.26 Å². The van der Waals surface area contributed by atoms with Crippen LogP contribution in [0, 0.1) is 21.4 Å². The number of hydrogen-bond acceptors (Lipinski definition) is 9. The summed E-state index contributed by atoms with van der Waals surface area (Å²) in [7, 11) is 0. The Bertz CT molecular complexity index is 936. The topological polar surface area (TPSA) is 182 Å². The van der Waals surface area contributed by atoms with Gasteiger partial charge < -0.3 is 20.6 Å². The van der Waals surface area contributed by atoms with Gasteiger partial charge >= 0.3 is 5.69 Å². The molecular weight excluding hydrogens is 346 g/mol. The third kappa shape index (κ3) is 3.82. The lowest BCUT2D eigenvalue weighted by molar-refractivity contribution is -0.386. The van der Waals surface area contributed by atoms with Crippen molar-refractivity contribution in [1.82, 2.24) is 15.3 Å². The number of carbonyl (C=O) groups is 1. The number of nitrogens with zero attached hydrogens (tertiary/aromatic N) is 4. The molecule has 0 saturated heterocycles. The summed E-state index contributed by atoms with van der Waals surface area (Å²) in [5.41, 5.74) is -1.58. The summed E-state index contributed by atoms with van der Waals surface area (Å²) in [6.45, 7) is -0.0548. The molecule has 0 bridgehead atoms. The van der Waals surface area contributed by atoms with Crippen LogP contribution in [0.5, 0.6) is 11.5 Å². The molecule has 2 aromatic rings. The SMILES string of the molecule is N#C/C(C(=O)NCc1ccncn1)=C(/O)c1cc(O)c(O)c([N+](=O)[O-])c1. The van der Waals surface area contributed by atoms with E-state index in [4.69, 9.17) is 5.26 Å². The number of carbonyl (C=O) groups excluding carboxylic acids is 1. The standard InChI is InChI=1S/C15H11N5O6/c16-5-10(15(24)18-6-9-1-2-17-7-19-9)13(22)8-3-11(20(25)26)14(23)12(21)4-8/h1-4,7,21-23H,6H2,(H,18,24)/b13-10-. The fourth-order valence-corrected chi connectivity index (χ4v) is 1.92. The number of phenolic OH excluding ortho intramolecular Hbond substituents is 2. The van der Waals surface area contributed by atoms with Crippen molar-refractivity contribution < 1.29 is 25.0 Å². The number of phenols is 2. The lowest BCUT2D eigenvalue weighted by Gasteiger charge is -2.07. The van der Waals surface area contributed by atoms with E-state index in [1.165, 1.54) is 24.7 Å². The van der Waals surface area contributed by atoms with Crippen LogP contribution in [0.4, 0.5) is 5.69 Å². The zero-order valence-electron chi connectivity index (χ0n) is 12.9. The highest BCUT2D eigenvalue weighted by Gasteiger charge is 2.23. The smallest absolute Gasteiger partial charge is 0.315 e. The summed E-state index contributed by atoms with van der Waals surface area (Å²) in [4.78, 5) is 29.5. The van der Waals surface area contributed by atoms with E-state index in [9.17, 15) is 30.2 Å². The number of aromatic nitrogens is 2. The Balaban J connectivity index is 2.34. The summed E-state index contributed by atoms with van der Waals surface area (Å²) in [6, 6.07) is 4.52. The number of nitro benzene ring substituents is 1. The van der Waals surface area contributed by atoms with Gasteiger partial charge in [-0.25, -0.2) is 9.97 Å². The lowest BCUT2D eigenvalue weighted by atomic mass is 10.1. The number of nitrogens with one attached hydrogen (secondary N) is 1. The van der Waals surface area contributed by atoms with Gasteiger partial charge in [-0.1, -0.05) is 0 Å². The Hall–Kier alpha value is -4.20. The molecule has 0 fully saturated rings. The summed E-state index contributed by atoms with van der Waals surface area (Å²) >= 11 is 0. The Morgan fingerprint density at radius 1 is 1.38 bits per heavy atom. The van der Waals surface area contributed by atoms with Crippen molar-refractivity contribution >= 4 is 17.4 Å². The molecule has 0 unspecified atom stereocenters. The third-order valence-corrected chi connectivity index (χ3v) is 3.19. The van der Waals surface area contributed by atoms with Gasteiger partial charge in [-0.05, 0) is 12.1 Å². The quantitative estimate of drug-likeness (QED) is 0.151.